The average molecular weight is 307 g/mol. The van der Waals surface area contributed by atoms with Gasteiger partial charge >= 0.3 is 5.97 Å². The molecule has 2 aromatic heterocycles. The van der Waals surface area contributed by atoms with Crippen LogP contribution in [0.2, 0.25) is 0 Å². The highest BCUT2D eigenvalue weighted by Crippen LogP contribution is 2.23. The van der Waals surface area contributed by atoms with Crippen molar-refractivity contribution in [3.8, 4) is 0 Å². The first kappa shape index (κ1) is 15.4. The summed E-state index contributed by atoms with van der Waals surface area (Å²) >= 11 is 1.43. The van der Waals surface area contributed by atoms with Crippen molar-refractivity contribution in [1.29, 1.82) is 0 Å². The number of nitrogens with zero attached hydrogens (tertiary/aromatic N) is 3. The zero-order chi connectivity index (χ0) is 15.8. The molecule has 2 heterocycles. The van der Waals surface area contributed by atoms with Gasteiger partial charge in [0.1, 0.15) is 5.54 Å². The Morgan fingerprint density at radius 1 is 1.38 bits per heavy atom. The molecule has 0 aliphatic rings. The Labute approximate surface area is 126 Å². The molecule has 21 heavy (non-hydrogen) atoms. The monoisotopic (exact) mass is 307 g/mol. The third kappa shape index (κ3) is 2.49. The van der Waals surface area contributed by atoms with Crippen molar-refractivity contribution in [2.45, 2.75) is 24.5 Å². The van der Waals surface area contributed by atoms with E-state index >= 15 is 0 Å². The third-order valence-electron chi connectivity index (χ3n) is 3.57. The molecule has 0 atom stereocenters. The molecule has 1 amide bonds. The number of imidazole rings is 1. The van der Waals surface area contributed by atoms with Crippen LogP contribution in [-0.4, -0.2) is 50.1 Å². The van der Waals surface area contributed by atoms with Gasteiger partial charge in [-0.15, -0.1) is 0 Å². The normalized spacial score (nSPS) is 11.6. The highest BCUT2D eigenvalue weighted by atomic mass is 32.2. The summed E-state index contributed by atoms with van der Waals surface area (Å²) in [5.74, 6) is -1.47. The van der Waals surface area contributed by atoms with E-state index in [0.29, 0.717) is 10.7 Å². The van der Waals surface area contributed by atoms with E-state index in [4.69, 9.17) is 0 Å². The van der Waals surface area contributed by atoms with Crippen LogP contribution in [0.1, 0.15) is 24.3 Å². The van der Waals surface area contributed by atoms with Crippen LogP contribution in [0.3, 0.4) is 0 Å². The van der Waals surface area contributed by atoms with Crippen LogP contribution in [0.4, 0.5) is 0 Å². The number of thioether (sulfide) groups is 1. The first-order valence-corrected chi connectivity index (χ1v) is 7.55. The fraction of sp³-hybridized carbons (Fsp3) is 0.357. The summed E-state index contributed by atoms with van der Waals surface area (Å²) < 4.78 is 1.82. The van der Waals surface area contributed by atoms with Gasteiger partial charge in [-0.1, -0.05) is 17.8 Å². The number of aromatic nitrogens is 2. The number of hydrogen-bond acceptors (Lipinski definition) is 4. The van der Waals surface area contributed by atoms with E-state index in [1.165, 1.54) is 37.6 Å². The Balaban J connectivity index is 2.52. The quantitative estimate of drug-likeness (QED) is 0.874. The molecule has 7 heteroatoms. The van der Waals surface area contributed by atoms with Crippen LogP contribution in [0, 0.1) is 0 Å². The Bertz CT molecular complexity index is 709. The van der Waals surface area contributed by atoms with E-state index in [9.17, 15) is 14.7 Å². The molecule has 0 unspecified atom stereocenters. The molecule has 0 aromatic carbocycles. The highest BCUT2D eigenvalue weighted by molar-refractivity contribution is 7.98. The molecular weight excluding hydrogens is 290 g/mol. The van der Waals surface area contributed by atoms with Crippen LogP contribution < -0.4 is 0 Å². The van der Waals surface area contributed by atoms with Gasteiger partial charge in [0.2, 0.25) is 0 Å². The van der Waals surface area contributed by atoms with E-state index in [-0.39, 0.29) is 5.69 Å². The van der Waals surface area contributed by atoms with Crippen molar-refractivity contribution >= 4 is 29.2 Å². The number of pyridine rings is 1. The summed E-state index contributed by atoms with van der Waals surface area (Å²) in [6, 6.07) is 5.47. The second kappa shape index (κ2) is 5.40. The van der Waals surface area contributed by atoms with Crippen molar-refractivity contribution in [1.82, 2.24) is 14.3 Å². The first-order valence-electron chi connectivity index (χ1n) is 6.33. The maximum atomic E-state index is 12.6. The van der Waals surface area contributed by atoms with Crippen LogP contribution in [0.25, 0.3) is 5.52 Å². The maximum absolute atomic E-state index is 12.6. The van der Waals surface area contributed by atoms with Crippen LogP contribution >= 0.6 is 11.8 Å². The lowest BCUT2D eigenvalue weighted by Crippen LogP contribution is -2.50. The molecule has 0 fully saturated rings. The summed E-state index contributed by atoms with van der Waals surface area (Å²) in [6.45, 7) is 2.97. The molecular formula is C14H17N3O3S. The lowest BCUT2D eigenvalue weighted by Gasteiger charge is -2.31. The smallest absolute Gasteiger partial charge is 0.329 e. The van der Waals surface area contributed by atoms with Gasteiger partial charge in [0.15, 0.2) is 10.9 Å². The van der Waals surface area contributed by atoms with Crippen molar-refractivity contribution in [3.05, 3.63) is 30.1 Å². The molecule has 0 saturated heterocycles. The lowest BCUT2D eigenvalue weighted by molar-refractivity contribution is -0.147. The van der Waals surface area contributed by atoms with E-state index in [1.807, 2.05) is 29.0 Å². The number of hydrogen-bond donors (Lipinski definition) is 1. The molecule has 2 aromatic rings. The van der Waals surface area contributed by atoms with Crippen molar-refractivity contribution in [3.63, 3.8) is 0 Å². The van der Waals surface area contributed by atoms with Gasteiger partial charge in [0, 0.05) is 13.2 Å². The molecule has 6 nitrogen and oxygen atoms in total. The van der Waals surface area contributed by atoms with Gasteiger partial charge in [-0.05, 0) is 32.2 Å². The maximum Gasteiger partial charge on any atom is 0.329 e. The molecule has 0 saturated carbocycles. The fourth-order valence-electron chi connectivity index (χ4n) is 1.87. The molecule has 112 valence electrons. The van der Waals surface area contributed by atoms with Crippen LogP contribution in [0.5, 0.6) is 0 Å². The minimum atomic E-state index is -1.30. The Kier molecular flexibility index (Phi) is 3.95. The summed E-state index contributed by atoms with van der Waals surface area (Å²) in [5, 5.41) is 9.94. The topological polar surface area (TPSA) is 74.9 Å². The predicted molar refractivity (Wildman–Crippen MR) is 80.8 cm³/mol. The van der Waals surface area contributed by atoms with Gasteiger partial charge in [-0.2, -0.15) is 0 Å². The van der Waals surface area contributed by atoms with Gasteiger partial charge in [0.25, 0.3) is 5.91 Å². The lowest BCUT2D eigenvalue weighted by atomic mass is 10.0. The standard InChI is InChI=1S/C14H17N3O3S/c1-14(2,12(19)20)16(3)11(18)10-9-7-5-6-8-17(9)13(15-10)21-4/h5-8H,1-4H3,(H,19,20). The molecule has 0 bridgehead atoms. The molecule has 0 aliphatic carbocycles. The summed E-state index contributed by atoms with van der Waals surface area (Å²) in [6.07, 6.45) is 3.70. The number of amides is 1. The minimum absolute atomic E-state index is 0.261. The van der Waals surface area contributed by atoms with Gasteiger partial charge in [0.05, 0.1) is 5.52 Å². The number of rotatable bonds is 4. The highest BCUT2D eigenvalue weighted by Gasteiger charge is 2.37. The van der Waals surface area contributed by atoms with Crippen LogP contribution in [-0.2, 0) is 4.79 Å². The Morgan fingerprint density at radius 3 is 2.62 bits per heavy atom. The van der Waals surface area contributed by atoms with Gasteiger partial charge < -0.3 is 10.0 Å². The van der Waals surface area contributed by atoms with Gasteiger partial charge in [-0.25, -0.2) is 9.78 Å². The van der Waals surface area contributed by atoms with Crippen molar-refractivity contribution in [2.75, 3.05) is 13.3 Å². The van der Waals surface area contributed by atoms with Crippen molar-refractivity contribution < 1.29 is 14.7 Å². The average Bonchev–Trinajstić information content (AvgIpc) is 2.84. The Morgan fingerprint density at radius 2 is 2.05 bits per heavy atom. The molecule has 0 radical (unpaired) electrons. The van der Waals surface area contributed by atoms with E-state index < -0.39 is 17.4 Å². The largest absolute Gasteiger partial charge is 0.480 e. The van der Waals surface area contributed by atoms with Crippen LogP contribution in [0.15, 0.2) is 29.6 Å². The minimum Gasteiger partial charge on any atom is -0.480 e. The summed E-state index contributed by atoms with van der Waals surface area (Å²) in [5.41, 5.74) is -0.377. The molecule has 2 rings (SSSR count). The number of carboxylic acid groups (broad SMARTS) is 1. The Hall–Kier alpha value is -2.02. The number of likely N-dealkylation sites (N-methyl/N-ethyl adjacent to an activating group) is 1. The number of carbonyl (C=O) groups excluding carboxylic acids is 1. The number of carbonyl (C=O) groups is 2. The van der Waals surface area contributed by atoms with Gasteiger partial charge in [-0.3, -0.25) is 9.20 Å². The van der Waals surface area contributed by atoms with E-state index in [0.717, 1.165) is 0 Å². The van der Waals surface area contributed by atoms with E-state index in [2.05, 4.69) is 4.98 Å². The molecule has 0 aliphatic heterocycles. The molecule has 1 N–H and O–H groups in total. The number of fused-ring (bicyclic) bond motifs is 1. The third-order valence-corrected chi connectivity index (χ3v) is 4.22. The first-order chi connectivity index (χ1) is 9.80. The second-order valence-corrected chi connectivity index (χ2v) is 5.90. The van der Waals surface area contributed by atoms with E-state index in [1.54, 1.807) is 6.07 Å². The summed E-state index contributed by atoms with van der Waals surface area (Å²) in [4.78, 5) is 29.5. The SMILES string of the molecule is CSc1nc(C(=O)N(C)C(C)(C)C(=O)O)c2ccccn12. The molecule has 0 spiro atoms. The zero-order valence-electron chi connectivity index (χ0n) is 12.3. The fourth-order valence-corrected chi connectivity index (χ4v) is 2.41. The number of aliphatic carboxylic acids is 1. The predicted octanol–water partition coefficient (Wildman–Crippen LogP) is 1.99. The zero-order valence-corrected chi connectivity index (χ0v) is 13.1. The second-order valence-electron chi connectivity index (χ2n) is 5.13. The van der Waals surface area contributed by atoms with Crippen molar-refractivity contribution in [2.24, 2.45) is 0 Å². The number of carboxylic acids is 1. The summed E-state index contributed by atoms with van der Waals surface area (Å²) in [7, 11) is 1.48.